The summed E-state index contributed by atoms with van der Waals surface area (Å²) in [5.74, 6) is -0.887. The van der Waals surface area contributed by atoms with Crippen LogP contribution in [-0.2, 0) is 4.74 Å². The van der Waals surface area contributed by atoms with Crippen molar-refractivity contribution in [1.82, 2.24) is 9.80 Å². The number of carbonyl (C=O) groups excluding carboxylic acids is 1. The van der Waals surface area contributed by atoms with Gasteiger partial charge in [-0.25, -0.2) is 0 Å². The monoisotopic (exact) mass is 443 g/mol. The van der Waals surface area contributed by atoms with Gasteiger partial charge >= 0.3 is 0 Å². The van der Waals surface area contributed by atoms with Crippen molar-refractivity contribution in [2.75, 3.05) is 26.2 Å². The van der Waals surface area contributed by atoms with E-state index < -0.39 is 12.0 Å². The Balaban J connectivity index is -0.00000312. The van der Waals surface area contributed by atoms with Crippen LogP contribution in [-0.4, -0.2) is 48.0 Å². The molecule has 0 unspecified atom stereocenters. The van der Waals surface area contributed by atoms with E-state index in [4.69, 9.17) is 4.74 Å². The Hall–Kier alpha value is -0.230. The van der Waals surface area contributed by atoms with Gasteiger partial charge in [0.15, 0.2) is 5.85 Å². The Labute approximate surface area is 186 Å². The van der Waals surface area contributed by atoms with Crippen molar-refractivity contribution in [3.05, 3.63) is 0 Å². The minimum absolute atomic E-state index is 0. The fourth-order valence-electron chi connectivity index (χ4n) is 3.47. The van der Waals surface area contributed by atoms with Crippen molar-refractivity contribution in [3.8, 4) is 0 Å². The standard InChI is InChI=1S/C21H44N2O3.2ClH/c1-6-11-16-22(17-12-7-2)21(15-10-5,26-20(24)25)23(18-13-8-3)19-14-9-4;;/h6-19H2,1-5H3,(H,24,25);2*1H/p-1. The van der Waals surface area contributed by atoms with Gasteiger partial charge < -0.3 is 14.6 Å². The highest BCUT2D eigenvalue weighted by Crippen LogP contribution is 2.30. The molecular formula is C21H45Cl2N2O3-. The second-order valence-corrected chi connectivity index (χ2v) is 7.23. The van der Waals surface area contributed by atoms with Gasteiger partial charge in [-0.15, -0.1) is 24.8 Å². The van der Waals surface area contributed by atoms with E-state index in [1.165, 1.54) is 0 Å². The molecule has 0 aliphatic heterocycles. The van der Waals surface area contributed by atoms with E-state index in [1.807, 2.05) is 0 Å². The lowest BCUT2D eigenvalue weighted by Crippen LogP contribution is -2.65. The molecule has 0 aromatic carbocycles. The maximum absolute atomic E-state index is 11.6. The van der Waals surface area contributed by atoms with Gasteiger partial charge in [-0.05, 0) is 32.1 Å². The van der Waals surface area contributed by atoms with Crippen LogP contribution in [0.15, 0.2) is 0 Å². The van der Waals surface area contributed by atoms with Gasteiger partial charge in [-0.3, -0.25) is 9.80 Å². The molecule has 0 amide bonds. The van der Waals surface area contributed by atoms with Crippen LogP contribution in [0.2, 0.25) is 0 Å². The number of nitrogens with zero attached hydrogens (tertiary/aromatic N) is 2. The fraction of sp³-hybridized carbons (Fsp3) is 0.952. The van der Waals surface area contributed by atoms with Crippen LogP contribution in [0.25, 0.3) is 0 Å². The fourth-order valence-corrected chi connectivity index (χ4v) is 3.47. The largest absolute Gasteiger partial charge is 0.515 e. The average Bonchev–Trinajstić information content (AvgIpc) is 2.61. The van der Waals surface area contributed by atoms with E-state index in [2.05, 4.69) is 44.4 Å². The van der Waals surface area contributed by atoms with Crippen LogP contribution in [0.1, 0.15) is 98.8 Å². The van der Waals surface area contributed by atoms with Gasteiger partial charge in [0, 0.05) is 26.2 Å². The van der Waals surface area contributed by atoms with Gasteiger partial charge in [0.25, 0.3) is 6.16 Å². The minimum atomic E-state index is -1.41. The molecular weight excluding hydrogens is 399 g/mol. The van der Waals surface area contributed by atoms with E-state index in [0.29, 0.717) is 6.42 Å². The second kappa shape index (κ2) is 20.1. The maximum Gasteiger partial charge on any atom is 0.254 e. The number of hydrogen-bond donors (Lipinski definition) is 0. The summed E-state index contributed by atoms with van der Waals surface area (Å²) in [6.07, 6.45) is 8.65. The molecule has 0 spiro atoms. The SMILES string of the molecule is CCCCN(CCCC)C(CCC)(OC(=O)[O-])N(CCCC)CCCC.Cl.Cl. The normalized spacial score (nSPS) is 11.2. The van der Waals surface area contributed by atoms with Crippen molar-refractivity contribution in [2.45, 2.75) is 105 Å². The van der Waals surface area contributed by atoms with Gasteiger partial charge in [-0.1, -0.05) is 66.7 Å². The molecule has 0 aliphatic rings. The highest BCUT2D eigenvalue weighted by molar-refractivity contribution is 5.85. The average molecular weight is 445 g/mol. The lowest BCUT2D eigenvalue weighted by atomic mass is 10.1. The zero-order chi connectivity index (χ0) is 19.8. The smallest absolute Gasteiger partial charge is 0.254 e. The molecule has 0 saturated heterocycles. The van der Waals surface area contributed by atoms with E-state index in [0.717, 1.165) is 84.0 Å². The van der Waals surface area contributed by atoms with Gasteiger partial charge in [0.05, 0.1) is 0 Å². The Morgan fingerprint density at radius 1 is 0.714 bits per heavy atom. The molecule has 0 heterocycles. The zero-order valence-corrected chi connectivity index (χ0v) is 20.5. The third-order valence-corrected chi connectivity index (χ3v) is 4.94. The molecule has 7 heteroatoms. The van der Waals surface area contributed by atoms with Crippen LogP contribution >= 0.6 is 24.8 Å². The molecule has 0 aromatic heterocycles. The maximum atomic E-state index is 11.6. The number of hydrogen-bond acceptors (Lipinski definition) is 5. The van der Waals surface area contributed by atoms with Crippen molar-refractivity contribution in [1.29, 1.82) is 0 Å². The highest BCUT2D eigenvalue weighted by atomic mass is 35.5. The lowest BCUT2D eigenvalue weighted by molar-refractivity contribution is -0.330. The summed E-state index contributed by atoms with van der Waals surface area (Å²) in [4.78, 5) is 16.2. The van der Waals surface area contributed by atoms with E-state index in [9.17, 15) is 9.90 Å². The molecule has 0 bridgehead atoms. The summed E-state index contributed by atoms with van der Waals surface area (Å²) >= 11 is 0. The number of rotatable bonds is 17. The molecule has 0 saturated carbocycles. The molecule has 0 atom stereocenters. The predicted molar refractivity (Wildman–Crippen MR) is 121 cm³/mol. The predicted octanol–water partition coefficient (Wildman–Crippen LogP) is 5.45. The number of unbranched alkanes of at least 4 members (excludes halogenated alkanes) is 4. The van der Waals surface area contributed by atoms with E-state index in [1.54, 1.807) is 0 Å². The summed E-state index contributed by atoms with van der Waals surface area (Å²) in [6.45, 7) is 14.2. The number of halogens is 2. The van der Waals surface area contributed by atoms with E-state index >= 15 is 0 Å². The van der Waals surface area contributed by atoms with Crippen molar-refractivity contribution in [3.63, 3.8) is 0 Å². The number of carbonyl (C=O) groups is 1. The Bertz CT molecular complexity index is 325. The van der Waals surface area contributed by atoms with Crippen LogP contribution in [0.3, 0.4) is 0 Å². The van der Waals surface area contributed by atoms with E-state index in [-0.39, 0.29) is 24.8 Å². The van der Waals surface area contributed by atoms with Crippen LogP contribution < -0.4 is 5.11 Å². The summed E-state index contributed by atoms with van der Waals surface area (Å²) < 4.78 is 5.65. The summed E-state index contributed by atoms with van der Waals surface area (Å²) in [6, 6.07) is 0. The quantitative estimate of drug-likeness (QED) is 0.221. The third-order valence-electron chi connectivity index (χ3n) is 4.94. The van der Waals surface area contributed by atoms with Gasteiger partial charge in [0.2, 0.25) is 0 Å². The Morgan fingerprint density at radius 3 is 1.25 bits per heavy atom. The third kappa shape index (κ3) is 11.7. The molecule has 5 nitrogen and oxygen atoms in total. The van der Waals surface area contributed by atoms with Gasteiger partial charge in [-0.2, -0.15) is 0 Å². The van der Waals surface area contributed by atoms with Crippen LogP contribution in [0, 0.1) is 0 Å². The number of carboxylic acid groups (broad SMARTS) is 1. The second-order valence-electron chi connectivity index (χ2n) is 7.23. The first-order valence-corrected chi connectivity index (χ1v) is 10.9. The highest BCUT2D eigenvalue weighted by Gasteiger charge is 2.40. The van der Waals surface area contributed by atoms with Crippen molar-refractivity contribution >= 4 is 31.0 Å². The number of ether oxygens (including phenoxy) is 1. The molecule has 0 rings (SSSR count). The molecule has 0 fully saturated rings. The Morgan fingerprint density at radius 2 is 1.04 bits per heavy atom. The summed E-state index contributed by atoms with van der Waals surface area (Å²) in [5, 5.41) is 11.6. The minimum Gasteiger partial charge on any atom is -0.515 e. The molecule has 0 radical (unpaired) electrons. The topological polar surface area (TPSA) is 55.8 Å². The summed E-state index contributed by atoms with van der Waals surface area (Å²) in [5.41, 5.74) is 0. The Kier molecular flexibility index (Phi) is 23.2. The first-order valence-electron chi connectivity index (χ1n) is 10.9. The molecule has 0 N–H and O–H groups in total. The lowest BCUT2D eigenvalue weighted by Gasteiger charge is -2.53. The van der Waals surface area contributed by atoms with Crippen molar-refractivity contribution in [2.24, 2.45) is 0 Å². The summed E-state index contributed by atoms with van der Waals surface area (Å²) in [7, 11) is 0. The van der Waals surface area contributed by atoms with Crippen LogP contribution in [0.4, 0.5) is 4.79 Å². The van der Waals surface area contributed by atoms with Gasteiger partial charge in [0.1, 0.15) is 0 Å². The first kappa shape index (κ1) is 32.4. The molecule has 172 valence electrons. The van der Waals surface area contributed by atoms with Crippen molar-refractivity contribution < 1.29 is 14.6 Å². The molecule has 28 heavy (non-hydrogen) atoms. The molecule has 0 aromatic rings. The van der Waals surface area contributed by atoms with Crippen LogP contribution in [0.5, 0.6) is 0 Å². The zero-order valence-electron chi connectivity index (χ0n) is 18.8. The first-order chi connectivity index (χ1) is 12.5. The molecule has 0 aliphatic carbocycles.